The van der Waals surface area contributed by atoms with Gasteiger partial charge in [0.1, 0.15) is 3.23 Å². The van der Waals surface area contributed by atoms with Crippen LogP contribution in [-0.2, 0) is 3.23 Å². The zero-order valence-corrected chi connectivity index (χ0v) is 19.8. The Labute approximate surface area is 172 Å². The maximum Gasteiger partial charge on any atom is 0.160 e. The van der Waals surface area contributed by atoms with Gasteiger partial charge in [-0.25, -0.2) is 0 Å². The molecule has 0 radical (unpaired) electrons. The van der Waals surface area contributed by atoms with E-state index in [1.165, 1.54) is 5.56 Å². The molecule has 0 atom stereocenters. The summed E-state index contributed by atoms with van der Waals surface area (Å²) < 4.78 is 2.51. The van der Waals surface area contributed by atoms with Gasteiger partial charge in [-0.2, -0.15) is 0 Å². The van der Waals surface area contributed by atoms with E-state index in [-0.39, 0.29) is 9.02 Å². The fourth-order valence-corrected chi connectivity index (χ4v) is 3.62. The Morgan fingerprint density at radius 3 is 1.86 bits per heavy atom. The van der Waals surface area contributed by atoms with E-state index < -0.39 is 0 Å². The third-order valence-electron chi connectivity index (χ3n) is 2.70. The van der Waals surface area contributed by atoms with Gasteiger partial charge in [0.05, 0.1) is 0 Å². The predicted molar refractivity (Wildman–Crippen MR) is 111 cm³/mol. The first-order valence-electron chi connectivity index (χ1n) is 6.22. The van der Waals surface area contributed by atoms with Crippen molar-refractivity contribution in [3.63, 3.8) is 0 Å². The van der Waals surface area contributed by atoms with Crippen molar-refractivity contribution in [2.45, 2.75) is 17.1 Å². The summed E-state index contributed by atoms with van der Waals surface area (Å²) in [6, 6.07) is 13.8. The molecule has 0 aliphatic heterocycles. The van der Waals surface area contributed by atoms with Crippen LogP contribution in [0.4, 0.5) is 0 Å². The van der Waals surface area contributed by atoms with E-state index in [0.29, 0.717) is 5.56 Å². The Hall–Kier alpha value is 0.510. The maximum atomic E-state index is 11.1. The van der Waals surface area contributed by atoms with Crippen molar-refractivity contribution < 1.29 is 4.79 Å². The van der Waals surface area contributed by atoms with Crippen molar-refractivity contribution in [3.05, 3.63) is 67.0 Å². The summed E-state index contributed by atoms with van der Waals surface area (Å²) in [5.74, 6) is 0.0510. The maximum absolute atomic E-state index is 11.1. The highest BCUT2D eigenvalue weighted by molar-refractivity contribution is 9.24. The largest absolute Gasteiger partial charge is 0.294 e. The molecule has 0 N–H and O–H groups in total. The first-order valence-corrected chi connectivity index (χ1v) is 10.2. The predicted octanol–water partition coefficient (Wildman–Crippen LogP) is 7.83. The van der Waals surface area contributed by atoms with E-state index in [0.717, 1.165) is 13.4 Å². The molecule has 0 bridgehead atoms. The van der Waals surface area contributed by atoms with Gasteiger partial charge < -0.3 is 0 Å². The second-order valence-corrected chi connectivity index (χ2v) is 11.2. The van der Waals surface area contributed by atoms with Gasteiger partial charge >= 0.3 is 0 Å². The molecule has 22 heavy (non-hydrogen) atoms. The zero-order chi connectivity index (χ0) is 16.9. The summed E-state index contributed by atoms with van der Waals surface area (Å²) in [4.78, 5) is 11.1. The minimum atomic E-state index is -0.0821. The average Bonchev–Trinajstić information content (AvgIpc) is 2.45. The Kier molecular flexibility index (Phi) is 8.51. The standard InChI is InChI=1S/C8H5Br3O.C8H8Br2/c1-4(12)5-2-3-6(9)8(11)7(5)10;1-8(9,10)7-5-3-2-4-6-7/h2-3H,1H3;2-6H,1H3. The first kappa shape index (κ1) is 20.6. The van der Waals surface area contributed by atoms with Gasteiger partial charge in [0.25, 0.3) is 0 Å². The molecule has 2 aromatic carbocycles. The number of Topliss-reactive ketones (excluding diaryl/α,β-unsaturated/α-hetero) is 1. The molecule has 118 valence electrons. The molecule has 0 spiro atoms. The molecule has 0 saturated carbocycles. The minimum Gasteiger partial charge on any atom is -0.294 e. The minimum absolute atomic E-state index is 0.0510. The fourth-order valence-electron chi connectivity index (χ4n) is 1.53. The highest BCUT2D eigenvalue weighted by Gasteiger charge is 2.16. The molecule has 6 heteroatoms. The van der Waals surface area contributed by atoms with Gasteiger partial charge in [-0.15, -0.1) is 0 Å². The molecule has 0 fully saturated rings. The number of benzene rings is 2. The third-order valence-corrected chi connectivity index (χ3v) is 6.98. The van der Waals surface area contributed by atoms with Crippen LogP contribution in [-0.4, -0.2) is 5.78 Å². The van der Waals surface area contributed by atoms with E-state index >= 15 is 0 Å². The van der Waals surface area contributed by atoms with Crippen LogP contribution in [0.3, 0.4) is 0 Å². The van der Waals surface area contributed by atoms with Gasteiger partial charge in [0, 0.05) is 19.0 Å². The number of hydrogen-bond acceptors (Lipinski definition) is 1. The molecule has 0 aliphatic carbocycles. The second kappa shape index (κ2) is 9.11. The number of carbonyl (C=O) groups excluding carboxylic acids is 1. The lowest BCUT2D eigenvalue weighted by atomic mass is 10.2. The lowest BCUT2D eigenvalue weighted by molar-refractivity contribution is 0.101. The molecule has 0 saturated heterocycles. The van der Waals surface area contributed by atoms with Crippen molar-refractivity contribution in [2.24, 2.45) is 0 Å². The Morgan fingerprint density at radius 1 is 0.909 bits per heavy atom. The van der Waals surface area contributed by atoms with Crippen molar-refractivity contribution in [1.29, 1.82) is 0 Å². The van der Waals surface area contributed by atoms with E-state index in [1.807, 2.05) is 24.3 Å². The Bertz CT molecular complexity index is 648. The van der Waals surface area contributed by atoms with Crippen LogP contribution in [0.1, 0.15) is 29.8 Å². The van der Waals surface area contributed by atoms with Crippen LogP contribution in [0.25, 0.3) is 0 Å². The Morgan fingerprint density at radius 2 is 1.45 bits per heavy atom. The van der Waals surface area contributed by atoms with Crippen LogP contribution in [0.2, 0.25) is 0 Å². The summed E-state index contributed by atoms with van der Waals surface area (Å²) in [5.41, 5.74) is 1.92. The third kappa shape index (κ3) is 6.19. The van der Waals surface area contributed by atoms with E-state index in [1.54, 1.807) is 13.0 Å². The highest BCUT2D eigenvalue weighted by Crippen LogP contribution is 2.36. The van der Waals surface area contributed by atoms with Crippen LogP contribution in [0.5, 0.6) is 0 Å². The SMILES string of the molecule is CC(=O)c1ccc(Br)c(Br)c1Br.CC(Br)(Br)c1ccccc1. The zero-order valence-electron chi connectivity index (χ0n) is 11.8. The molecule has 0 aromatic heterocycles. The molecule has 0 amide bonds. The number of halogens is 5. The topological polar surface area (TPSA) is 17.1 Å². The molecule has 2 aromatic rings. The molecular weight excluding hydrogens is 608 g/mol. The molecule has 0 aliphatic rings. The van der Waals surface area contributed by atoms with E-state index in [9.17, 15) is 4.79 Å². The van der Waals surface area contributed by atoms with Crippen LogP contribution < -0.4 is 0 Å². The summed E-state index contributed by atoms with van der Waals surface area (Å²) in [6.07, 6.45) is 0. The monoisotopic (exact) mass is 616 g/mol. The smallest absolute Gasteiger partial charge is 0.160 e. The molecule has 2 rings (SSSR count). The number of rotatable bonds is 2. The van der Waals surface area contributed by atoms with E-state index in [4.69, 9.17) is 0 Å². The van der Waals surface area contributed by atoms with Gasteiger partial charge in [0.2, 0.25) is 0 Å². The van der Waals surface area contributed by atoms with Crippen LogP contribution >= 0.6 is 79.6 Å². The highest BCUT2D eigenvalue weighted by atomic mass is 79.9. The lowest BCUT2D eigenvalue weighted by Gasteiger charge is -2.13. The number of hydrogen-bond donors (Lipinski definition) is 0. The first-order chi connectivity index (χ1) is 10.1. The van der Waals surface area contributed by atoms with Crippen molar-refractivity contribution >= 4 is 85.4 Å². The summed E-state index contributed by atoms with van der Waals surface area (Å²) in [7, 11) is 0. The molecular formula is C16H13Br5O. The lowest BCUT2D eigenvalue weighted by Crippen LogP contribution is -2.00. The average molecular weight is 621 g/mol. The fraction of sp³-hybridized carbons (Fsp3) is 0.188. The van der Waals surface area contributed by atoms with Gasteiger partial charge in [-0.1, -0.05) is 62.2 Å². The number of carbonyl (C=O) groups is 1. The van der Waals surface area contributed by atoms with Gasteiger partial charge in [-0.3, -0.25) is 4.79 Å². The second-order valence-electron chi connectivity index (χ2n) is 4.53. The van der Waals surface area contributed by atoms with Crippen LogP contribution in [0, 0.1) is 0 Å². The summed E-state index contributed by atoms with van der Waals surface area (Å²) in [6.45, 7) is 3.60. The van der Waals surface area contributed by atoms with E-state index in [2.05, 4.69) is 98.7 Å². The van der Waals surface area contributed by atoms with Crippen LogP contribution in [0.15, 0.2) is 55.9 Å². The quantitative estimate of drug-likeness (QED) is 0.190. The number of alkyl halides is 2. The Balaban J connectivity index is 0.000000224. The molecule has 1 nitrogen and oxygen atoms in total. The summed E-state index contributed by atoms with van der Waals surface area (Å²) in [5, 5.41) is 0. The summed E-state index contributed by atoms with van der Waals surface area (Å²) >= 11 is 17.0. The van der Waals surface area contributed by atoms with Gasteiger partial charge in [-0.05, 0) is 79.3 Å². The molecule has 0 unspecified atom stereocenters. The normalized spacial score (nSPS) is 10.7. The number of ketones is 1. The van der Waals surface area contributed by atoms with Crippen molar-refractivity contribution in [3.8, 4) is 0 Å². The van der Waals surface area contributed by atoms with Gasteiger partial charge in [0.15, 0.2) is 5.78 Å². The van der Waals surface area contributed by atoms with Crippen molar-refractivity contribution in [1.82, 2.24) is 0 Å². The molecule has 0 heterocycles. The van der Waals surface area contributed by atoms with Crippen molar-refractivity contribution in [2.75, 3.05) is 0 Å².